The summed E-state index contributed by atoms with van der Waals surface area (Å²) in [6, 6.07) is 7.34. The fourth-order valence-electron chi connectivity index (χ4n) is 3.25. The zero-order valence-electron chi connectivity index (χ0n) is 19.2. The number of hydrogen-bond acceptors (Lipinski definition) is 6. The van der Waals surface area contributed by atoms with Crippen molar-refractivity contribution < 1.29 is 28.6 Å². The number of aromatic amines is 1. The number of halogens is 1. The number of H-pyrrole nitrogens is 1. The molecule has 7 nitrogen and oxygen atoms in total. The van der Waals surface area contributed by atoms with Crippen molar-refractivity contribution in [2.24, 2.45) is 0 Å². The molecule has 2 rings (SSSR count). The number of aryl methyl sites for hydroxylation is 1. The van der Waals surface area contributed by atoms with E-state index in [0.29, 0.717) is 23.4 Å². The number of benzene rings is 1. The van der Waals surface area contributed by atoms with Gasteiger partial charge < -0.3 is 19.2 Å². The molecule has 1 N–H and O–H groups in total. The maximum absolute atomic E-state index is 13.0. The molecule has 0 unspecified atom stereocenters. The first-order chi connectivity index (χ1) is 15.1. The van der Waals surface area contributed by atoms with E-state index >= 15 is 0 Å². The molecular weight excluding hydrogens is 434 g/mol. The summed E-state index contributed by atoms with van der Waals surface area (Å²) in [6.07, 6.45) is 0.650. The van der Waals surface area contributed by atoms with Gasteiger partial charge in [-0.15, -0.1) is 0 Å². The molecule has 0 aliphatic carbocycles. The third-order valence-electron chi connectivity index (χ3n) is 4.44. The lowest BCUT2D eigenvalue weighted by Crippen LogP contribution is -2.25. The molecule has 2 aromatic rings. The van der Waals surface area contributed by atoms with Crippen LogP contribution in [-0.4, -0.2) is 41.7 Å². The van der Waals surface area contributed by atoms with Crippen molar-refractivity contribution in [3.05, 3.63) is 57.4 Å². The maximum atomic E-state index is 13.0. The van der Waals surface area contributed by atoms with E-state index in [2.05, 4.69) is 4.98 Å². The molecule has 1 aromatic carbocycles. The Bertz CT molecular complexity index is 973. The van der Waals surface area contributed by atoms with E-state index in [1.807, 2.05) is 18.2 Å². The fraction of sp³-hybridized carbons (Fsp3) is 0.458. The average molecular weight is 464 g/mol. The summed E-state index contributed by atoms with van der Waals surface area (Å²) in [6.45, 7) is 9.01. The van der Waals surface area contributed by atoms with Gasteiger partial charge in [0, 0.05) is 10.7 Å². The summed E-state index contributed by atoms with van der Waals surface area (Å²) in [5, 5.41) is 0.595. The Morgan fingerprint density at radius 3 is 2.28 bits per heavy atom. The molecular formula is C24H30ClNO6. The summed E-state index contributed by atoms with van der Waals surface area (Å²) in [4.78, 5) is 40.9. The number of ether oxygens (including phenoxy) is 3. The molecule has 0 bridgehead atoms. The van der Waals surface area contributed by atoms with E-state index in [4.69, 9.17) is 25.8 Å². The monoisotopic (exact) mass is 463 g/mol. The molecule has 8 heteroatoms. The predicted molar refractivity (Wildman–Crippen MR) is 121 cm³/mol. The molecule has 0 atom stereocenters. The Morgan fingerprint density at radius 2 is 1.69 bits per heavy atom. The van der Waals surface area contributed by atoms with Crippen LogP contribution in [0.5, 0.6) is 0 Å². The summed E-state index contributed by atoms with van der Waals surface area (Å²) >= 11 is 6.09. The first-order valence-corrected chi connectivity index (χ1v) is 11.0. The van der Waals surface area contributed by atoms with Crippen molar-refractivity contribution in [1.29, 1.82) is 0 Å². The SMILES string of the molecule is CCOC(=O)Cc1[nH]c(C(=O)OC(C)(C)C)c(CCc2cccc(Cl)c2)c1C(=O)OCC. The van der Waals surface area contributed by atoms with Crippen LogP contribution in [0.3, 0.4) is 0 Å². The van der Waals surface area contributed by atoms with Gasteiger partial charge in [0.05, 0.1) is 25.2 Å². The highest BCUT2D eigenvalue weighted by Crippen LogP contribution is 2.26. The van der Waals surface area contributed by atoms with Crippen molar-refractivity contribution in [1.82, 2.24) is 4.98 Å². The Kier molecular flexibility index (Phi) is 8.89. The van der Waals surface area contributed by atoms with Crippen molar-refractivity contribution in [2.45, 2.75) is 59.5 Å². The van der Waals surface area contributed by atoms with Crippen LogP contribution in [0.15, 0.2) is 24.3 Å². The highest BCUT2D eigenvalue weighted by Gasteiger charge is 2.30. The highest BCUT2D eigenvalue weighted by atomic mass is 35.5. The molecule has 174 valence electrons. The largest absolute Gasteiger partial charge is 0.466 e. The Balaban J connectivity index is 2.54. The van der Waals surface area contributed by atoms with Gasteiger partial charge in [-0.25, -0.2) is 9.59 Å². The van der Waals surface area contributed by atoms with Gasteiger partial charge in [0.25, 0.3) is 0 Å². The van der Waals surface area contributed by atoms with Crippen LogP contribution in [0.1, 0.15) is 72.3 Å². The second-order valence-electron chi connectivity index (χ2n) is 8.17. The Hall–Kier alpha value is -2.80. The van der Waals surface area contributed by atoms with Gasteiger partial charge >= 0.3 is 17.9 Å². The number of rotatable bonds is 9. The summed E-state index contributed by atoms with van der Waals surface area (Å²) < 4.78 is 15.8. The molecule has 1 heterocycles. The van der Waals surface area contributed by atoms with E-state index < -0.39 is 23.5 Å². The maximum Gasteiger partial charge on any atom is 0.355 e. The third kappa shape index (κ3) is 7.12. The summed E-state index contributed by atoms with van der Waals surface area (Å²) in [5.74, 6) is -1.74. The van der Waals surface area contributed by atoms with Gasteiger partial charge in [0.1, 0.15) is 11.3 Å². The van der Waals surface area contributed by atoms with Crippen LogP contribution in [0.4, 0.5) is 0 Å². The first-order valence-electron chi connectivity index (χ1n) is 10.6. The Morgan fingerprint density at radius 1 is 1.00 bits per heavy atom. The molecule has 1 aromatic heterocycles. The molecule has 32 heavy (non-hydrogen) atoms. The summed E-state index contributed by atoms with van der Waals surface area (Å²) in [5.41, 5.74) is 1.21. The number of aromatic nitrogens is 1. The normalized spacial score (nSPS) is 11.2. The topological polar surface area (TPSA) is 94.7 Å². The predicted octanol–water partition coefficient (Wildman–Crippen LogP) is 4.69. The number of hydrogen-bond donors (Lipinski definition) is 1. The van der Waals surface area contributed by atoms with Gasteiger partial charge in [0.15, 0.2) is 0 Å². The lowest BCUT2D eigenvalue weighted by molar-refractivity contribution is -0.142. The molecule has 0 aliphatic rings. The molecule has 0 amide bonds. The van der Waals surface area contributed by atoms with Crippen LogP contribution < -0.4 is 0 Å². The molecule has 0 radical (unpaired) electrons. The van der Waals surface area contributed by atoms with Crippen molar-refractivity contribution in [2.75, 3.05) is 13.2 Å². The second kappa shape index (κ2) is 11.2. The molecule has 0 aliphatic heterocycles. The van der Waals surface area contributed by atoms with E-state index in [0.717, 1.165) is 5.56 Å². The average Bonchev–Trinajstić information content (AvgIpc) is 3.03. The quantitative estimate of drug-likeness (QED) is 0.428. The van der Waals surface area contributed by atoms with E-state index in [-0.39, 0.29) is 36.6 Å². The smallest absolute Gasteiger partial charge is 0.355 e. The minimum absolute atomic E-state index is 0.129. The van der Waals surface area contributed by atoms with Crippen molar-refractivity contribution in [3.63, 3.8) is 0 Å². The first kappa shape index (κ1) is 25.5. The van der Waals surface area contributed by atoms with Gasteiger partial charge in [0.2, 0.25) is 0 Å². The highest BCUT2D eigenvalue weighted by molar-refractivity contribution is 6.30. The zero-order chi connectivity index (χ0) is 23.9. The number of nitrogens with one attached hydrogen (secondary N) is 1. The van der Waals surface area contributed by atoms with Crippen LogP contribution in [0, 0.1) is 0 Å². The van der Waals surface area contributed by atoms with Gasteiger partial charge in [-0.1, -0.05) is 23.7 Å². The number of carbonyl (C=O) groups excluding carboxylic acids is 3. The van der Waals surface area contributed by atoms with Crippen molar-refractivity contribution in [3.8, 4) is 0 Å². The van der Waals surface area contributed by atoms with E-state index in [1.54, 1.807) is 40.7 Å². The third-order valence-corrected chi connectivity index (χ3v) is 4.68. The van der Waals surface area contributed by atoms with Crippen LogP contribution in [0.25, 0.3) is 0 Å². The lowest BCUT2D eigenvalue weighted by atomic mass is 9.99. The van der Waals surface area contributed by atoms with Crippen molar-refractivity contribution >= 4 is 29.5 Å². The minimum Gasteiger partial charge on any atom is -0.466 e. The van der Waals surface area contributed by atoms with E-state index in [9.17, 15) is 14.4 Å². The van der Waals surface area contributed by atoms with Gasteiger partial charge in [-0.2, -0.15) is 0 Å². The Labute approximate surface area is 193 Å². The van der Waals surface area contributed by atoms with Gasteiger partial charge in [-0.3, -0.25) is 4.79 Å². The van der Waals surface area contributed by atoms with Crippen LogP contribution in [0.2, 0.25) is 5.02 Å². The standard InChI is InChI=1S/C24H30ClNO6/c1-6-30-19(27)14-18-20(22(28)31-7-2)17(12-11-15-9-8-10-16(25)13-15)21(26-18)23(29)32-24(3,4)5/h8-10,13,26H,6-7,11-12,14H2,1-5H3. The molecule has 0 saturated heterocycles. The minimum atomic E-state index is -0.738. The molecule has 0 saturated carbocycles. The second-order valence-corrected chi connectivity index (χ2v) is 8.60. The number of carbonyl (C=O) groups is 3. The zero-order valence-corrected chi connectivity index (χ0v) is 19.9. The van der Waals surface area contributed by atoms with Crippen LogP contribution >= 0.6 is 11.6 Å². The molecule has 0 fully saturated rings. The van der Waals surface area contributed by atoms with Gasteiger partial charge in [-0.05, 0) is 70.7 Å². The lowest BCUT2D eigenvalue weighted by Gasteiger charge is -2.19. The van der Waals surface area contributed by atoms with Crippen LogP contribution in [-0.2, 0) is 38.3 Å². The fourth-order valence-corrected chi connectivity index (χ4v) is 3.46. The number of esters is 3. The van der Waals surface area contributed by atoms with E-state index in [1.165, 1.54) is 0 Å². The molecule has 0 spiro atoms. The summed E-state index contributed by atoms with van der Waals surface area (Å²) in [7, 11) is 0.